The molecule has 19 heavy (non-hydrogen) atoms. The van der Waals surface area contributed by atoms with Crippen LogP contribution in [-0.4, -0.2) is 15.9 Å². The van der Waals surface area contributed by atoms with E-state index in [-0.39, 0.29) is 12.4 Å². The summed E-state index contributed by atoms with van der Waals surface area (Å²) >= 11 is 0. The Morgan fingerprint density at radius 2 is 1.95 bits per heavy atom. The van der Waals surface area contributed by atoms with E-state index in [1.807, 2.05) is 30.5 Å². The molecule has 0 bridgehead atoms. The molecule has 94 valence electrons. The highest BCUT2D eigenvalue weighted by atomic mass is 16.3. The van der Waals surface area contributed by atoms with E-state index >= 15 is 0 Å². The van der Waals surface area contributed by atoms with Gasteiger partial charge in [0.15, 0.2) is 5.78 Å². The fourth-order valence-electron chi connectivity index (χ4n) is 2.23. The molecular weight excluding hydrogens is 238 g/mol. The Balaban J connectivity index is 2.07. The monoisotopic (exact) mass is 251 g/mol. The molecule has 0 radical (unpaired) electrons. The van der Waals surface area contributed by atoms with Crippen molar-refractivity contribution in [1.82, 2.24) is 4.98 Å². The lowest BCUT2D eigenvalue weighted by Crippen LogP contribution is -2.05. The molecule has 2 aromatic carbocycles. The van der Waals surface area contributed by atoms with Crippen molar-refractivity contribution in [3.05, 3.63) is 71.4 Å². The summed E-state index contributed by atoms with van der Waals surface area (Å²) in [7, 11) is 0. The van der Waals surface area contributed by atoms with Crippen molar-refractivity contribution in [2.75, 3.05) is 0 Å². The van der Waals surface area contributed by atoms with Crippen molar-refractivity contribution >= 4 is 16.7 Å². The molecule has 0 aliphatic rings. The van der Waals surface area contributed by atoms with E-state index in [4.69, 9.17) is 0 Å². The molecule has 0 saturated carbocycles. The van der Waals surface area contributed by atoms with Gasteiger partial charge in [0.1, 0.15) is 0 Å². The normalized spacial score (nSPS) is 10.8. The number of fused-ring (bicyclic) bond motifs is 1. The summed E-state index contributed by atoms with van der Waals surface area (Å²) in [4.78, 5) is 15.6. The van der Waals surface area contributed by atoms with Gasteiger partial charge < -0.3 is 10.1 Å². The molecule has 0 aliphatic carbocycles. The van der Waals surface area contributed by atoms with Crippen LogP contribution >= 0.6 is 0 Å². The molecule has 3 aromatic rings. The van der Waals surface area contributed by atoms with Crippen LogP contribution in [0, 0.1) is 0 Å². The smallest absolute Gasteiger partial charge is 0.193 e. The third-order valence-corrected chi connectivity index (χ3v) is 3.25. The molecule has 2 N–H and O–H groups in total. The van der Waals surface area contributed by atoms with E-state index in [1.54, 1.807) is 24.3 Å². The average Bonchev–Trinajstić information content (AvgIpc) is 2.93. The molecule has 0 fully saturated rings. The highest BCUT2D eigenvalue weighted by molar-refractivity contribution is 6.11. The second-order valence-corrected chi connectivity index (χ2v) is 4.42. The number of H-pyrrole nitrogens is 1. The minimum atomic E-state index is -0.131. The van der Waals surface area contributed by atoms with Gasteiger partial charge in [0.25, 0.3) is 0 Å². The first-order chi connectivity index (χ1) is 9.29. The van der Waals surface area contributed by atoms with Gasteiger partial charge in [-0.15, -0.1) is 0 Å². The molecule has 0 spiro atoms. The van der Waals surface area contributed by atoms with Crippen molar-refractivity contribution in [3.8, 4) is 0 Å². The van der Waals surface area contributed by atoms with E-state index < -0.39 is 0 Å². The lowest BCUT2D eigenvalue weighted by molar-refractivity contribution is 0.103. The van der Waals surface area contributed by atoms with Gasteiger partial charge in [-0.1, -0.05) is 24.3 Å². The maximum atomic E-state index is 12.5. The number of carbonyl (C=O) groups is 1. The summed E-state index contributed by atoms with van der Waals surface area (Å²) in [6, 6.07) is 14.6. The van der Waals surface area contributed by atoms with E-state index in [2.05, 4.69) is 4.98 Å². The number of rotatable bonds is 3. The van der Waals surface area contributed by atoms with Crippen molar-refractivity contribution in [1.29, 1.82) is 0 Å². The van der Waals surface area contributed by atoms with Crippen molar-refractivity contribution < 1.29 is 9.90 Å². The summed E-state index contributed by atoms with van der Waals surface area (Å²) in [5, 5.41) is 10.3. The van der Waals surface area contributed by atoms with Crippen LogP contribution in [-0.2, 0) is 6.61 Å². The Morgan fingerprint density at radius 1 is 1.11 bits per heavy atom. The molecule has 3 rings (SSSR count). The zero-order valence-electron chi connectivity index (χ0n) is 10.3. The molecule has 0 unspecified atom stereocenters. The Morgan fingerprint density at radius 3 is 2.79 bits per heavy atom. The number of aliphatic hydroxyl groups excluding tert-OH is 1. The predicted molar refractivity (Wildman–Crippen MR) is 74.1 cm³/mol. The molecular formula is C16H13NO2. The van der Waals surface area contributed by atoms with Gasteiger partial charge in [0.2, 0.25) is 0 Å². The first kappa shape index (κ1) is 11.7. The molecule has 1 aromatic heterocycles. The quantitative estimate of drug-likeness (QED) is 0.703. The Hall–Kier alpha value is -2.39. The third-order valence-electron chi connectivity index (χ3n) is 3.25. The van der Waals surface area contributed by atoms with Gasteiger partial charge in [-0.3, -0.25) is 4.79 Å². The first-order valence-electron chi connectivity index (χ1n) is 6.10. The van der Waals surface area contributed by atoms with Crippen molar-refractivity contribution in [2.24, 2.45) is 0 Å². The molecule has 0 saturated heterocycles. The van der Waals surface area contributed by atoms with Crippen LogP contribution < -0.4 is 0 Å². The van der Waals surface area contributed by atoms with Gasteiger partial charge in [-0.2, -0.15) is 0 Å². The van der Waals surface area contributed by atoms with E-state index in [1.165, 1.54) is 0 Å². The fourth-order valence-corrected chi connectivity index (χ4v) is 2.23. The number of ketones is 1. The van der Waals surface area contributed by atoms with Crippen molar-refractivity contribution in [2.45, 2.75) is 6.61 Å². The van der Waals surface area contributed by atoms with Gasteiger partial charge in [-0.25, -0.2) is 0 Å². The number of hydrogen-bond acceptors (Lipinski definition) is 2. The maximum Gasteiger partial charge on any atom is 0.193 e. The minimum absolute atomic E-state index is 0.0623. The number of aromatic nitrogens is 1. The molecule has 3 nitrogen and oxygen atoms in total. The van der Waals surface area contributed by atoms with E-state index in [0.29, 0.717) is 16.7 Å². The maximum absolute atomic E-state index is 12.5. The van der Waals surface area contributed by atoms with Gasteiger partial charge in [-0.05, 0) is 29.8 Å². The molecule has 3 heteroatoms. The van der Waals surface area contributed by atoms with Crippen LogP contribution in [0.1, 0.15) is 21.5 Å². The Kier molecular flexibility index (Phi) is 2.89. The fraction of sp³-hybridized carbons (Fsp3) is 0.0625. The summed E-state index contributed by atoms with van der Waals surface area (Å²) in [6.45, 7) is -0.131. The SMILES string of the molecule is O=C(c1ccc2[nH]ccc2c1)c1ccccc1CO. The van der Waals surface area contributed by atoms with Crippen LogP contribution in [0.5, 0.6) is 0 Å². The van der Waals surface area contributed by atoms with Gasteiger partial charge in [0, 0.05) is 28.2 Å². The number of benzene rings is 2. The standard InChI is InChI=1S/C16H13NO2/c18-10-13-3-1-2-4-14(13)16(19)12-5-6-15-11(9-12)7-8-17-15/h1-9,17-18H,10H2. The number of aliphatic hydroxyl groups is 1. The molecule has 0 atom stereocenters. The molecule has 0 aliphatic heterocycles. The highest BCUT2D eigenvalue weighted by Crippen LogP contribution is 2.19. The topological polar surface area (TPSA) is 53.1 Å². The van der Waals surface area contributed by atoms with E-state index in [0.717, 1.165) is 10.9 Å². The number of carbonyl (C=O) groups excluding carboxylic acids is 1. The van der Waals surface area contributed by atoms with Crippen molar-refractivity contribution in [3.63, 3.8) is 0 Å². The zero-order chi connectivity index (χ0) is 13.2. The van der Waals surface area contributed by atoms with Crippen LogP contribution in [0.4, 0.5) is 0 Å². The predicted octanol–water partition coefficient (Wildman–Crippen LogP) is 2.89. The van der Waals surface area contributed by atoms with Gasteiger partial charge in [0.05, 0.1) is 6.61 Å². The first-order valence-corrected chi connectivity index (χ1v) is 6.10. The van der Waals surface area contributed by atoms with Gasteiger partial charge >= 0.3 is 0 Å². The summed E-state index contributed by atoms with van der Waals surface area (Å²) in [5.41, 5.74) is 2.85. The minimum Gasteiger partial charge on any atom is -0.392 e. The van der Waals surface area contributed by atoms with E-state index in [9.17, 15) is 9.90 Å². The number of aromatic amines is 1. The number of nitrogens with one attached hydrogen (secondary N) is 1. The summed E-state index contributed by atoms with van der Waals surface area (Å²) in [5.74, 6) is -0.0623. The largest absolute Gasteiger partial charge is 0.392 e. The Bertz CT molecular complexity index is 743. The Labute approximate surface area is 110 Å². The number of hydrogen-bond donors (Lipinski definition) is 2. The van der Waals surface area contributed by atoms with Crippen LogP contribution in [0.3, 0.4) is 0 Å². The molecule has 1 heterocycles. The summed E-state index contributed by atoms with van der Waals surface area (Å²) < 4.78 is 0. The summed E-state index contributed by atoms with van der Waals surface area (Å²) in [6.07, 6.45) is 1.85. The lowest BCUT2D eigenvalue weighted by Gasteiger charge is -2.06. The van der Waals surface area contributed by atoms with Crippen LogP contribution in [0.15, 0.2) is 54.7 Å². The highest BCUT2D eigenvalue weighted by Gasteiger charge is 2.13. The second kappa shape index (κ2) is 4.71. The second-order valence-electron chi connectivity index (χ2n) is 4.42. The third kappa shape index (κ3) is 2.04. The average molecular weight is 251 g/mol. The zero-order valence-corrected chi connectivity index (χ0v) is 10.3. The van der Waals surface area contributed by atoms with Crippen LogP contribution in [0.25, 0.3) is 10.9 Å². The molecule has 0 amide bonds. The lowest BCUT2D eigenvalue weighted by atomic mass is 9.98. The van der Waals surface area contributed by atoms with Crippen LogP contribution in [0.2, 0.25) is 0 Å².